The largest absolute Gasteiger partial charge is 0.278 e. The summed E-state index contributed by atoms with van der Waals surface area (Å²) in [5.74, 6) is 0. The molecule has 0 aliphatic carbocycles. The van der Waals surface area contributed by atoms with E-state index in [2.05, 4.69) is 4.72 Å². The first kappa shape index (κ1) is 15.6. The van der Waals surface area contributed by atoms with E-state index < -0.39 is 10.0 Å². The Morgan fingerprint density at radius 2 is 1.26 bits per heavy atom. The zero-order valence-corrected chi connectivity index (χ0v) is 13.8. The van der Waals surface area contributed by atoms with Gasteiger partial charge in [-0.1, -0.05) is 60.3 Å². The summed E-state index contributed by atoms with van der Waals surface area (Å²) >= 11 is 1.52. The van der Waals surface area contributed by atoms with Gasteiger partial charge in [0.15, 0.2) is 0 Å². The van der Waals surface area contributed by atoms with Gasteiger partial charge in [-0.3, -0.25) is 4.72 Å². The molecule has 3 aromatic rings. The summed E-state index contributed by atoms with van der Waals surface area (Å²) in [5, 5.41) is 0. The molecule has 3 nitrogen and oxygen atoms in total. The standard InChI is InChI=1S/C18H15NO2S2/c20-23(21,16-11-5-2-6-12-16)19-17-13-7-8-14-18(17)22-15-9-3-1-4-10-15/h1-14,19H. The van der Waals surface area contributed by atoms with Crippen LogP contribution < -0.4 is 4.72 Å². The monoisotopic (exact) mass is 341 g/mol. The number of para-hydroxylation sites is 1. The molecule has 0 aliphatic rings. The average Bonchev–Trinajstić information content (AvgIpc) is 2.58. The highest BCUT2D eigenvalue weighted by atomic mass is 32.2. The van der Waals surface area contributed by atoms with Gasteiger partial charge >= 0.3 is 0 Å². The van der Waals surface area contributed by atoms with Gasteiger partial charge in [0.2, 0.25) is 0 Å². The lowest BCUT2D eigenvalue weighted by molar-refractivity contribution is 0.601. The maximum atomic E-state index is 12.5. The van der Waals surface area contributed by atoms with Crippen LogP contribution in [0.3, 0.4) is 0 Å². The summed E-state index contributed by atoms with van der Waals surface area (Å²) in [6.07, 6.45) is 0. The molecule has 0 atom stereocenters. The molecule has 0 radical (unpaired) electrons. The molecule has 3 aromatic carbocycles. The number of rotatable bonds is 5. The van der Waals surface area contributed by atoms with Crippen molar-refractivity contribution in [3.8, 4) is 0 Å². The van der Waals surface area contributed by atoms with Gasteiger partial charge in [0.1, 0.15) is 0 Å². The van der Waals surface area contributed by atoms with Crippen LogP contribution in [0.25, 0.3) is 0 Å². The number of benzene rings is 3. The van der Waals surface area contributed by atoms with Gasteiger partial charge in [0.05, 0.1) is 10.6 Å². The fourth-order valence-corrected chi connectivity index (χ4v) is 4.15. The van der Waals surface area contributed by atoms with Crippen LogP contribution in [0.4, 0.5) is 5.69 Å². The first-order valence-corrected chi connectivity index (χ1v) is 9.35. The van der Waals surface area contributed by atoms with E-state index in [0.717, 1.165) is 9.79 Å². The maximum absolute atomic E-state index is 12.5. The van der Waals surface area contributed by atoms with E-state index in [0.29, 0.717) is 5.69 Å². The van der Waals surface area contributed by atoms with Crippen LogP contribution in [0.2, 0.25) is 0 Å². The van der Waals surface area contributed by atoms with E-state index in [9.17, 15) is 8.42 Å². The number of hydrogen-bond donors (Lipinski definition) is 1. The van der Waals surface area contributed by atoms with E-state index >= 15 is 0 Å². The van der Waals surface area contributed by atoms with Gasteiger partial charge in [-0.2, -0.15) is 0 Å². The highest BCUT2D eigenvalue weighted by Crippen LogP contribution is 2.34. The molecule has 0 spiro atoms. The van der Waals surface area contributed by atoms with Crippen molar-refractivity contribution in [2.75, 3.05) is 4.72 Å². The van der Waals surface area contributed by atoms with Crippen LogP contribution >= 0.6 is 11.8 Å². The molecule has 0 saturated carbocycles. The van der Waals surface area contributed by atoms with Crippen LogP contribution in [-0.2, 0) is 10.0 Å². The van der Waals surface area contributed by atoms with Crippen molar-refractivity contribution in [1.29, 1.82) is 0 Å². The summed E-state index contributed by atoms with van der Waals surface area (Å²) in [7, 11) is -3.59. The zero-order chi connectivity index (χ0) is 16.1. The predicted molar refractivity (Wildman–Crippen MR) is 94.3 cm³/mol. The molecule has 0 aliphatic heterocycles. The lowest BCUT2D eigenvalue weighted by Gasteiger charge is -2.12. The summed E-state index contributed by atoms with van der Waals surface area (Å²) in [5.41, 5.74) is 0.574. The van der Waals surface area contributed by atoms with E-state index in [4.69, 9.17) is 0 Å². The van der Waals surface area contributed by atoms with Crippen LogP contribution in [-0.4, -0.2) is 8.42 Å². The zero-order valence-electron chi connectivity index (χ0n) is 12.2. The summed E-state index contributed by atoms with van der Waals surface area (Å²) in [6.45, 7) is 0. The van der Waals surface area contributed by atoms with Crippen LogP contribution in [0.1, 0.15) is 0 Å². The molecular weight excluding hydrogens is 326 g/mol. The highest BCUT2D eigenvalue weighted by Gasteiger charge is 2.15. The smallest absolute Gasteiger partial charge is 0.261 e. The van der Waals surface area contributed by atoms with Crippen LogP contribution in [0.15, 0.2) is 99.6 Å². The minimum atomic E-state index is -3.59. The van der Waals surface area contributed by atoms with E-state index in [1.54, 1.807) is 36.4 Å². The van der Waals surface area contributed by atoms with Crippen molar-refractivity contribution in [2.45, 2.75) is 14.7 Å². The SMILES string of the molecule is O=S(=O)(Nc1ccccc1Sc1ccccc1)c1ccccc1. The molecule has 0 amide bonds. The fourth-order valence-electron chi connectivity index (χ4n) is 2.06. The van der Waals surface area contributed by atoms with Crippen molar-refractivity contribution < 1.29 is 8.42 Å². The fraction of sp³-hybridized carbons (Fsp3) is 0. The second kappa shape index (κ2) is 6.89. The lowest BCUT2D eigenvalue weighted by atomic mass is 10.3. The topological polar surface area (TPSA) is 46.2 Å². The van der Waals surface area contributed by atoms with Crippen molar-refractivity contribution in [3.63, 3.8) is 0 Å². The maximum Gasteiger partial charge on any atom is 0.261 e. The second-order valence-corrected chi connectivity index (χ2v) is 7.63. The summed E-state index contributed by atoms with van der Waals surface area (Å²) in [4.78, 5) is 2.16. The molecule has 1 N–H and O–H groups in total. The first-order chi connectivity index (χ1) is 11.1. The van der Waals surface area contributed by atoms with Gasteiger partial charge in [0, 0.05) is 9.79 Å². The van der Waals surface area contributed by atoms with E-state index in [1.165, 1.54) is 11.8 Å². The summed E-state index contributed by atoms with van der Waals surface area (Å²) < 4.78 is 27.6. The summed E-state index contributed by atoms with van der Waals surface area (Å²) in [6, 6.07) is 25.6. The third kappa shape index (κ3) is 3.94. The minimum absolute atomic E-state index is 0.250. The number of sulfonamides is 1. The molecule has 0 aromatic heterocycles. The molecule has 0 bridgehead atoms. The van der Waals surface area contributed by atoms with Gasteiger partial charge in [0.25, 0.3) is 10.0 Å². The van der Waals surface area contributed by atoms with Crippen molar-refractivity contribution in [1.82, 2.24) is 0 Å². The van der Waals surface area contributed by atoms with Gasteiger partial charge in [-0.15, -0.1) is 0 Å². The first-order valence-electron chi connectivity index (χ1n) is 7.05. The van der Waals surface area contributed by atoms with E-state index in [-0.39, 0.29) is 4.90 Å². The Bertz CT molecular complexity index is 879. The van der Waals surface area contributed by atoms with Crippen molar-refractivity contribution in [2.24, 2.45) is 0 Å². The quantitative estimate of drug-likeness (QED) is 0.735. The average molecular weight is 341 g/mol. The molecule has 0 unspecified atom stereocenters. The Morgan fingerprint density at radius 3 is 1.96 bits per heavy atom. The molecule has 0 heterocycles. The molecule has 3 rings (SSSR count). The Hall–Kier alpha value is -2.24. The number of hydrogen-bond acceptors (Lipinski definition) is 3. The number of nitrogens with one attached hydrogen (secondary N) is 1. The minimum Gasteiger partial charge on any atom is -0.278 e. The Morgan fingerprint density at radius 1 is 0.696 bits per heavy atom. The number of anilines is 1. The third-order valence-electron chi connectivity index (χ3n) is 3.16. The van der Waals surface area contributed by atoms with Gasteiger partial charge in [-0.25, -0.2) is 8.42 Å². The van der Waals surface area contributed by atoms with Crippen molar-refractivity contribution in [3.05, 3.63) is 84.9 Å². The molecule has 0 fully saturated rings. The van der Waals surface area contributed by atoms with Gasteiger partial charge < -0.3 is 0 Å². The lowest BCUT2D eigenvalue weighted by Crippen LogP contribution is -2.13. The Balaban J connectivity index is 1.89. The Labute approximate surface area is 140 Å². The highest BCUT2D eigenvalue weighted by molar-refractivity contribution is 7.99. The molecule has 23 heavy (non-hydrogen) atoms. The van der Waals surface area contributed by atoms with Crippen LogP contribution in [0, 0.1) is 0 Å². The molecule has 0 saturated heterocycles. The third-order valence-corrected chi connectivity index (χ3v) is 5.62. The van der Waals surface area contributed by atoms with E-state index in [1.807, 2.05) is 48.5 Å². The normalized spacial score (nSPS) is 11.1. The van der Waals surface area contributed by atoms with Crippen molar-refractivity contribution >= 4 is 27.5 Å². The second-order valence-electron chi connectivity index (χ2n) is 4.83. The van der Waals surface area contributed by atoms with Gasteiger partial charge in [-0.05, 0) is 36.4 Å². The predicted octanol–water partition coefficient (Wildman–Crippen LogP) is 4.64. The molecular formula is C18H15NO2S2. The Kier molecular flexibility index (Phi) is 4.69. The van der Waals surface area contributed by atoms with Crippen LogP contribution in [0.5, 0.6) is 0 Å². The molecule has 5 heteroatoms. The molecule has 116 valence electrons.